The molecular formula is C16H13N3O6S. The van der Waals surface area contributed by atoms with Gasteiger partial charge in [0.15, 0.2) is 5.82 Å². The van der Waals surface area contributed by atoms with Crippen LogP contribution in [0.25, 0.3) is 5.69 Å². The van der Waals surface area contributed by atoms with Gasteiger partial charge in [0.25, 0.3) is 11.5 Å². The van der Waals surface area contributed by atoms with Gasteiger partial charge in [0.1, 0.15) is 0 Å². The summed E-state index contributed by atoms with van der Waals surface area (Å²) in [7, 11) is -4.80. The minimum Gasteiger partial charge on any atom is -0.306 e. The number of nitrogens with one attached hydrogen (secondary N) is 2. The molecule has 0 saturated carbocycles. The molecule has 0 fully saturated rings. The van der Waals surface area contributed by atoms with Gasteiger partial charge in [-0.2, -0.15) is 8.42 Å². The molecule has 1 amide bonds. The summed E-state index contributed by atoms with van der Waals surface area (Å²) in [6.07, 6.45) is 0. The first-order chi connectivity index (χ1) is 12.4. The Balaban J connectivity index is 2.12. The van der Waals surface area contributed by atoms with Crippen molar-refractivity contribution in [1.82, 2.24) is 9.78 Å². The van der Waals surface area contributed by atoms with Crippen LogP contribution in [0.3, 0.4) is 0 Å². The number of amides is 1. The average molecular weight is 375 g/mol. The van der Waals surface area contributed by atoms with Crippen LogP contribution in [0.1, 0.15) is 10.4 Å². The number of benzene rings is 2. The molecular weight excluding hydrogens is 362 g/mol. The Kier molecular flexibility index (Phi) is 4.71. The van der Waals surface area contributed by atoms with Crippen LogP contribution in [0.2, 0.25) is 0 Å². The fourth-order valence-corrected chi connectivity index (χ4v) is 3.04. The summed E-state index contributed by atoms with van der Waals surface area (Å²) in [5.41, 5.74) is -0.449. The van der Waals surface area contributed by atoms with Crippen molar-refractivity contribution in [1.29, 1.82) is 0 Å². The lowest BCUT2D eigenvalue weighted by molar-refractivity contribution is -0.130. The zero-order chi connectivity index (χ0) is 18.7. The van der Waals surface area contributed by atoms with Crippen molar-refractivity contribution in [2.45, 2.75) is 4.90 Å². The number of para-hydroxylation sites is 1. The summed E-state index contributed by atoms with van der Waals surface area (Å²) in [5.74, 6) is -1.08. The molecule has 3 N–H and O–H groups in total. The molecule has 26 heavy (non-hydrogen) atoms. The molecule has 10 heteroatoms. The standard InChI is InChI=1S/C16H13N3O6S/c20-15(11-7-3-1-4-8-11)17-14-13(26(23,24)25-22)16(21)19(18-14)12-9-5-2-6-10-12/h1-10,18,22H,(H,17,20). The Morgan fingerprint density at radius 2 is 1.62 bits per heavy atom. The molecule has 0 spiro atoms. The van der Waals surface area contributed by atoms with Gasteiger partial charge in [0.2, 0.25) is 4.90 Å². The van der Waals surface area contributed by atoms with E-state index in [0.29, 0.717) is 5.69 Å². The fourth-order valence-electron chi connectivity index (χ4n) is 2.31. The molecule has 0 radical (unpaired) electrons. The largest absolute Gasteiger partial charge is 0.332 e. The third-order valence-corrected chi connectivity index (χ3v) is 4.56. The van der Waals surface area contributed by atoms with Gasteiger partial charge in [-0.05, 0) is 24.3 Å². The fraction of sp³-hybridized carbons (Fsp3) is 0. The zero-order valence-electron chi connectivity index (χ0n) is 13.1. The van der Waals surface area contributed by atoms with E-state index in [4.69, 9.17) is 5.26 Å². The third-order valence-electron chi connectivity index (χ3n) is 3.49. The van der Waals surface area contributed by atoms with Crippen LogP contribution in [0.15, 0.2) is 70.4 Å². The van der Waals surface area contributed by atoms with Crippen LogP contribution in [0, 0.1) is 0 Å². The van der Waals surface area contributed by atoms with Crippen molar-refractivity contribution >= 4 is 21.8 Å². The normalized spacial score (nSPS) is 11.3. The van der Waals surface area contributed by atoms with Gasteiger partial charge in [-0.1, -0.05) is 36.4 Å². The maximum Gasteiger partial charge on any atom is 0.332 e. The molecule has 0 saturated heterocycles. The summed E-state index contributed by atoms with van der Waals surface area (Å²) in [6, 6.07) is 16.1. The van der Waals surface area contributed by atoms with E-state index in [1.807, 2.05) is 0 Å². The first kappa shape index (κ1) is 17.6. The molecule has 0 aliphatic rings. The Hall–Kier alpha value is -3.21. The van der Waals surface area contributed by atoms with Crippen LogP contribution in [-0.4, -0.2) is 29.4 Å². The predicted molar refractivity (Wildman–Crippen MR) is 91.7 cm³/mol. The molecule has 0 bridgehead atoms. The first-order valence-corrected chi connectivity index (χ1v) is 8.70. The van der Waals surface area contributed by atoms with E-state index in [1.54, 1.807) is 48.5 Å². The van der Waals surface area contributed by atoms with E-state index in [1.165, 1.54) is 12.1 Å². The van der Waals surface area contributed by atoms with Gasteiger partial charge >= 0.3 is 10.1 Å². The van der Waals surface area contributed by atoms with E-state index in [9.17, 15) is 18.0 Å². The van der Waals surface area contributed by atoms with Gasteiger partial charge in [-0.3, -0.25) is 14.7 Å². The highest BCUT2D eigenvalue weighted by Gasteiger charge is 2.30. The van der Waals surface area contributed by atoms with Crippen molar-refractivity contribution < 1.29 is 22.8 Å². The van der Waals surface area contributed by atoms with Gasteiger partial charge in [0, 0.05) is 5.56 Å². The Labute approximate surface area is 147 Å². The highest BCUT2D eigenvalue weighted by atomic mass is 32.2. The second kappa shape index (κ2) is 6.96. The molecule has 0 unspecified atom stereocenters. The maximum absolute atomic E-state index is 12.5. The number of hydrogen-bond acceptors (Lipinski definition) is 6. The van der Waals surface area contributed by atoms with Gasteiger partial charge in [0.05, 0.1) is 5.69 Å². The molecule has 0 aliphatic carbocycles. The minimum atomic E-state index is -4.80. The number of rotatable bonds is 5. The molecule has 0 atom stereocenters. The van der Waals surface area contributed by atoms with Crippen LogP contribution in [0.4, 0.5) is 5.82 Å². The van der Waals surface area contributed by atoms with E-state index in [0.717, 1.165) is 4.68 Å². The van der Waals surface area contributed by atoms with Crippen LogP contribution < -0.4 is 10.9 Å². The Morgan fingerprint density at radius 1 is 1.04 bits per heavy atom. The number of H-pyrrole nitrogens is 1. The number of nitrogens with zero attached hydrogens (tertiary/aromatic N) is 1. The molecule has 2 aromatic carbocycles. The monoisotopic (exact) mass is 375 g/mol. The second-order valence-corrected chi connectivity index (χ2v) is 6.61. The lowest BCUT2D eigenvalue weighted by Crippen LogP contribution is -2.21. The third kappa shape index (κ3) is 3.28. The van der Waals surface area contributed by atoms with Crippen LogP contribution >= 0.6 is 0 Å². The number of carbonyl (C=O) groups is 1. The lowest BCUT2D eigenvalue weighted by atomic mass is 10.2. The molecule has 3 rings (SSSR count). The lowest BCUT2D eigenvalue weighted by Gasteiger charge is -2.05. The smallest absolute Gasteiger partial charge is 0.306 e. The van der Waals surface area contributed by atoms with E-state index >= 15 is 0 Å². The molecule has 9 nitrogen and oxygen atoms in total. The van der Waals surface area contributed by atoms with E-state index in [-0.39, 0.29) is 5.56 Å². The Bertz CT molecular complexity index is 1090. The number of aromatic nitrogens is 2. The van der Waals surface area contributed by atoms with Crippen molar-refractivity contribution in [3.8, 4) is 5.69 Å². The van der Waals surface area contributed by atoms with Gasteiger partial charge in [-0.15, -0.1) is 4.33 Å². The van der Waals surface area contributed by atoms with Gasteiger partial charge < -0.3 is 5.32 Å². The SMILES string of the molecule is O=C(Nc1[nH]n(-c2ccccc2)c(=O)c1S(=O)(=O)OO)c1ccccc1. The predicted octanol–water partition coefficient (Wildman–Crippen LogP) is 1.60. The van der Waals surface area contributed by atoms with Crippen molar-refractivity contribution in [3.05, 3.63) is 76.6 Å². The average Bonchev–Trinajstić information content (AvgIpc) is 2.99. The molecule has 1 aromatic heterocycles. The number of aromatic amines is 1. The number of carbonyl (C=O) groups excluding carboxylic acids is 1. The number of anilines is 1. The summed E-state index contributed by atoms with van der Waals surface area (Å²) in [4.78, 5) is 23.9. The van der Waals surface area contributed by atoms with Crippen LogP contribution in [0.5, 0.6) is 0 Å². The van der Waals surface area contributed by atoms with Crippen molar-refractivity contribution in [3.63, 3.8) is 0 Å². The highest BCUT2D eigenvalue weighted by Crippen LogP contribution is 2.19. The Morgan fingerprint density at radius 3 is 2.19 bits per heavy atom. The summed E-state index contributed by atoms with van der Waals surface area (Å²) in [6.45, 7) is 0. The summed E-state index contributed by atoms with van der Waals surface area (Å²) >= 11 is 0. The molecule has 1 heterocycles. The summed E-state index contributed by atoms with van der Waals surface area (Å²) < 4.78 is 28.3. The van der Waals surface area contributed by atoms with E-state index in [2.05, 4.69) is 14.7 Å². The van der Waals surface area contributed by atoms with Crippen molar-refractivity contribution in [2.24, 2.45) is 0 Å². The molecule has 134 valence electrons. The minimum absolute atomic E-state index is 0.245. The topological polar surface area (TPSA) is 130 Å². The van der Waals surface area contributed by atoms with Crippen molar-refractivity contribution in [2.75, 3.05) is 5.32 Å². The van der Waals surface area contributed by atoms with Crippen LogP contribution in [-0.2, 0) is 14.5 Å². The van der Waals surface area contributed by atoms with E-state index < -0.39 is 32.3 Å². The quantitative estimate of drug-likeness (QED) is 0.459. The zero-order valence-corrected chi connectivity index (χ0v) is 13.9. The number of hydrogen-bond donors (Lipinski definition) is 3. The summed E-state index contributed by atoms with van der Waals surface area (Å²) in [5, 5.41) is 13.5. The second-order valence-electron chi connectivity index (χ2n) is 5.14. The first-order valence-electron chi connectivity index (χ1n) is 7.29. The highest BCUT2D eigenvalue weighted by molar-refractivity contribution is 7.86. The molecule has 0 aliphatic heterocycles. The maximum atomic E-state index is 12.5. The molecule has 3 aromatic rings. The van der Waals surface area contributed by atoms with Gasteiger partial charge in [-0.25, -0.2) is 9.94 Å².